The summed E-state index contributed by atoms with van der Waals surface area (Å²) in [5.74, 6) is -1.11. The molecule has 0 saturated heterocycles. The van der Waals surface area contributed by atoms with Crippen molar-refractivity contribution in [2.75, 3.05) is 7.11 Å². The van der Waals surface area contributed by atoms with E-state index >= 15 is 0 Å². The summed E-state index contributed by atoms with van der Waals surface area (Å²) < 4.78 is 27.3. The highest BCUT2D eigenvalue weighted by Gasteiger charge is 2.23. The van der Waals surface area contributed by atoms with Gasteiger partial charge in [0.25, 0.3) is 9.05 Å². The normalized spacial score (nSPS) is 11.2. The highest BCUT2D eigenvalue weighted by Crippen LogP contribution is 2.28. The third-order valence-electron chi connectivity index (χ3n) is 1.96. The number of aryl methyl sites for hydroxylation is 1. The quantitative estimate of drug-likeness (QED) is 0.839. The average molecular weight is 265 g/mol. The van der Waals surface area contributed by atoms with Crippen LogP contribution in [0.1, 0.15) is 15.9 Å². The molecule has 0 spiro atoms. The monoisotopic (exact) mass is 264 g/mol. The van der Waals surface area contributed by atoms with Gasteiger partial charge < -0.3 is 9.84 Å². The summed E-state index contributed by atoms with van der Waals surface area (Å²) in [5.41, 5.74) is -0.168. The molecule has 1 aromatic carbocycles. The number of hydrogen-bond donors (Lipinski definition) is 1. The Morgan fingerprint density at radius 3 is 2.38 bits per heavy atom. The first kappa shape index (κ1) is 12.8. The van der Waals surface area contributed by atoms with E-state index in [0.29, 0.717) is 0 Å². The Balaban J connectivity index is 3.66. The molecule has 1 rings (SSSR count). The number of rotatable bonds is 3. The van der Waals surface area contributed by atoms with E-state index in [1.165, 1.54) is 20.1 Å². The molecule has 0 aliphatic rings. The SMILES string of the molecule is COc1cc(C)c(S(=O)(=O)Cl)c(C(=O)O)c1. The largest absolute Gasteiger partial charge is 0.497 e. The van der Waals surface area contributed by atoms with Crippen LogP contribution in [0.4, 0.5) is 0 Å². The number of benzene rings is 1. The van der Waals surface area contributed by atoms with Crippen molar-refractivity contribution in [2.45, 2.75) is 11.8 Å². The predicted molar refractivity (Wildman–Crippen MR) is 57.7 cm³/mol. The van der Waals surface area contributed by atoms with Crippen LogP contribution < -0.4 is 4.74 Å². The molecule has 88 valence electrons. The Labute approximate surface area is 97.0 Å². The maximum Gasteiger partial charge on any atom is 0.337 e. The van der Waals surface area contributed by atoms with Gasteiger partial charge in [0.2, 0.25) is 0 Å². The van der Waals surface area contributed by atoms with Crippen molar-refractivity contribution in [1.82, 2.24) is 0 Å². The van der Waals surface area contributed by atoms with Crippen molar-refractivity contribution in [1.29, 1.82) is 0 Å². The molecule has 0 amide bonds. The zero-order chi connectivity index (χ0) is 12.5. The first-order valence-electron chi connectivity index (χ1n) is 4.14. The molecule has 0 heterocycles. The first-order valence-corrected chi connectivity index (χ1v) is 6.45. The maximum absolute atomic E-state index is 11.2. The molecule has 0 saturated carbocycles. The minimum absolute atomic E-state index is 0.228. The van der Waals surface area contributed by atoms with Crippen LogP contribution in [0.3, 0.4) is 0 Å². The minimum atomic E-state index is -4.10. The number of hydrogen-bond acceptors (Lipinski definition) is 4. The van der Waals surface area contributed by atoms with Crippen molar-refractivity contribution in [3.63, 3.8) is 0 Å². The fourth-order valence-corrected chi connectivity index (χ4v) is 2.81. The summed E-state index contributed by atoms with van der Waals surface area (Å²) >= 11 is 0. The second-order valence-electron chi connectivity index (χ2n) is 3.06. The summed E-state index contributed by atoms with van der Waals surface area (Å²) in [6.45, 7) is 1.45. The zero-order valence-electron chi connectivity index (χ0n) is 8.52. The molecule has 0 aliphatic heterocycles. The summed E-state index contributed by atoms with van der Waals surface area (Å²) in [6.07, 6.45) is 0. The molecule has 0 aromatic heterocycles. The molecule has 1 aromatic rings. The lowest BCUT2D eigenvalue weighted by Gasteiger charge is -2.09. The second-order valence-corrected chi connectivity index (χ2v) is 5.57. The van der Waals surface area contributed by atoms with Gasteiger partial charge in [-0.3, -0.25) is 0 Å². The van der Waals surface area contributed by atoms with Crippen molar-refractivity contribution in [3.05, 3.63) is 23.3 Å². The van der Waals surface area contributed by atoms with E-state index in [4.69, 9.17) is 20.5 Å². The molecule has 5 nitrogen and oxygen atoms in total. The van der Waals surface area contributed by atoms with Crippen molar-refractivity contribution in [3.8, 4) is 5.75 Å². The van der Waals surface area contributed by atoms with Gasteiger partial charge in [-0.15, -0.1) is 0 Å². The maximum atomic E-state index is 11.2. The molecule has 1 N–H and O–H groups in total. The number of carbonyl (C=O) groups is 1. The van der Waals surface area contributed by atoms with E-state index in [9.17, 15) is 13.2 Å². The number of carboxylic acids is 1. The lowest BCUT2D eigenvalue weighted by Crippen LogP contribution is -2.07. The zero-order valence-corrected chi connectivity index (χ0v) is 10.1. The van der Waals surface area contributed by atoms with Crippen LogP contribution in [0.25, 0.3) is 0 Å². The number of halogens is 1. The van der Waals surface area contributed by atoms with Gasteiger partial charge in [-0.05, 0) is 24.6 Å². The Kier molecular flexibility index (Phi) is 3.44. The number of carboxylic acid groups (broad SMARTS) is 1. The summed E-state index contributed by atoms with van der Waals surface area (Å²) in [5, 5.41) is 8.89. The van der Waals surface area contributed by atoms with Gasteiger partial charge >= 0.3 is 5.97 Å². The molecule has 16 heavy (non-hydrogen) atoms. The van der Waals surface area contributed by atoms with Gasteiger partial charge in [0, 0.05) is 10.7 Å². The van der Waals surface area contributed by atoms with E-state index in [-0.39, 0.29) is 11.3 Å². The van der Waals surface area contributed by atoms with Crippen molar-refractivity contribution in [2.24, 2.45) is 0 Å². The molecule has 0 aliphatic carbocycles. The van der Waals surface area contributed by atoms with E-state index in [1.807, 2.05) is 0 Å². The third kappa shape index (κ3) is 2.45. The summed E-state index contributed by atoms with van der Waals surface area (Å²) in [7, 11) is 2.43. The molecule has 7 heteroatoms. The summed E-state index contributed by atoms with van der Waals surface area (Å²) in [4.78, 5) is 10.5. The standard InChI is InChI=1S/C9H9ClO5S/c1-5-3-6(15-2)4-7(9(11)12)8(5)16(10,13)14/h3-4H,1-2H3,(H,11,12). The highest BCUT2D eigenvalue weighted by atomic mass is 35.7. The van der Waals surface area contributed by atoms with Gasteiger partial charge in [0.1, 0.15) is 10.6 Å². The van der Waals surface area contributed by atoms with Crippen LogP contribution in [0.2, 0.25) is 0 Å². The topological polar surface area (TPSA) is 80.7 Å². The Bertz CT molecular complexity index is 535. The lowest BCUT2D eigenvalue weighted by molar-refractivity contribution is 0.0692. The molecule has 0 bridgehead atoms. The van der Waals surface area contributed by atoms with Crippen LogP contribution in [0.15, 0.2) is 17.0 Å². The van der Waals surface area contributed by atoms with Crippen molar-refractivity contribution < 1.29 is 23.1 Å². The van der Waals surface area contributed by atoms with Crippen LogP contribution in [0.5, 0.6) is 5.75 Å². The number of ether oxygens (including phenoxy) is 1. The van der Waals surface area contributed by atoms with E-state index in [0.717, 1.165) is 6.07 Å². The third-order valence-corrected chi connectivity index (χ3v) is 3.45. The predicted octanol–water partition coefficient (Wildman–Crippen LogP) is 1.63. The van der Waals surface area contributed by atoms with Gasteiger partial charge in [-0.2, -0.15) is 0 Å². The number of methoxy groups -OCH3 is 1. The van der Waals surface area contributed by atoms with Gasteiger partial charge in [0.15, 0.2) is 0 Å². The number of aromatic carboxylic acids is 1. The summed E-state index contributed by atoms with van der Waals surface area (Å²) in [6, 6.07) is 2.52. The Morgan fingerprint density at radius 2 is 2.00 bits per heavy atom. The second kappa shape index (κ2) is 4.31. The fourth-order valence-electron chi connectivity index (χ4n) is 1.34. The lowest BCUT2D eigenvalue weighted by atomic mass is 10.1. The minimum Gasteiger partial charge on any atom is -0.497 e. The molecular weight excluding hydrogens is 256 g/mol. The molecular formula is C9H9ClO5S. The van der Waals surface area contributed by atoms with E-state index in [1.54, 1.807) is 0 Å². The molecule has 0 radical (unpaired) electrons. The Hall–Kier alpha value is -1.27. The first-order chi connectivity index (χ1) is 7.27. The highest BCUT2D eigenvalue weighted by molar-refractivity contribution is 8.13. The molecule has 0 atom stereocenters. The van der Waals surface area contributed by atoms with Crippen LogP contribution in [-0.2, 0) is 9.05 Å². The van der Waals surface area contributed by atoms with Crippen LogP contribution >= 0.6 is 10.7 Å². The van der Waals surface area contributed by atoms with Gasteiger partial charge in [0.05, 0.1) is 12.7 Å². The van der Waals surface area contributed by atoms with E-state index in [2.05, 4.69) is 0 Å². The average Bonchev–Trinajstić information content (AvgIpc) is 2.14. The van der Waals surface area contributed by atoms with E-state index < -0.39 is 25.5 Å². The smallest absolute Gasteiger partial charge is 0.337 e. The van der Waals surface area contributed by atoms with Crippen LogP contribution in [-0.4, -0.2) is 26.6 Å². The van der Waals surface area contributed by atoms with Crippen LogP contribution in [0, 0.1) is 6.92 Å². The van der Waals surface area contributed by atoms with Gasteiger partial charge in [-0.25, -0.2) is 13.2 Å². The Morgan fingerprint density at radius 1 is 1.44 bits per heavy atom. The fraction of sp³-hybridized carbons (Fsp3) is 0.222. The van der Waals surface area contributed by atoms with Crippen molar-refractivity contribution >= 4 is 25.7 Å². The van der Waals surface area contributed by atoms with Gasteiger partial charge in [-0.1, -0.05) is 0 Å². The molecule has 0 unspecified atom stereocenters. The molecule has 0 fully saturated rings.